The van der Waals surface area contributed by atoms with Crippen LogP contribution in [0.1, 0.15) is 17.4 Å². The highest BCUT2D eigenvalue weighted by molar-refractivity contribution is 5.85. The lowest BCUT2D eigenvalue weighted by atomic mass is 10.00. The Hall–Kier alpha value is -2.37. The first-order valence-corrected chi connectivity index (χ1v) is 5.96. The molecule has 0 radical (unpaired) electrons. The molecular weight excluding hydrogens is 238 g/mol. The highest BCUT2D eigenvalue weighted by Gasteiger charge is 2.17. The van der Waals surface area contributed by atoms with Crippen LogP contribution in [0.25, 0.3) is 10.8 Å². The second-order valence-corrected chi connectivity index (χ2v) is 4.15. The normalized spacial score (nSPS) is 12.5. The molecule has 5 heteroatoms. The van der Waals surface area contributed by atoms with E-state index >= 15 is 0 Å². The number of hydrazine groups is 1. The van der Waals surface area contributed by atoms with E-state index < -0.39 is 0 Å². The SMILES string of the molecule is NNC(c1ncccn1)c1cccc2cnccc12. The first-order valence-electron chi connectivity index (χ1n) is 5.96. The van der Waals surface area contributed by atoms with E-state index in [1.807, 2.05) is 30.5 Å². The zero-order valence-electron chi connectivity index (χ0n) is 10.2. The Balaban J connectivity index is 2.17. The fourth-order valence-corrected chi connectivity index (χ4v) is 2.16. The molecule has 3 N–H and O–H groups in total. The molecule has 0 bridgehead atoms. The van der Waals surface area contributed by atoms with Crippen LogP contribution in [0.4, 0.5) is 0 Å². The molecule has 5 nitrogen and oxygen atoms in total. The number of rotatable bonds is 3. The predicted molar refractivity (Wildman–Crippen MR) is 72.9 cm³/mol. The van der Waals surface area contributed by atoms with Gasteiger partial charge in [0, 0.05) is 30.2 Å². The van der Waals surface area contributed by atoms with E-state index in [0.717, 1.165) is 16.3 Å². The molecule has 0 aliphatic heterocycles. The Bertz CT molecular complexity index is 678. The molecule has 0 saturated heterocycles. The third kappa shape index (κ3) is 2.16. The molecule has 19 heavy (non-hydrogen) atoms. The van der Waals surface area contributed by atoms with Crippen molar-refractivity contribution in [1.82, 2.24) is 20.4 Å². The van der Waals surface area contributed by atoms with E-state index in [4.69, 9.17) is 5.84 Å². The fraction of sp³-hybridized carbons (Fsp3) is 0.0714. The van der Waals surface area contributed by atoms with Crippen LogP contribution in [0.15, 0.2) is 55.1 Å². The van der Waals surface area contributed by atoms with Crippen LogP contribution in [0.2, 0.25) is 0 Å². The zero-order chi connectivity index (χ0) is 13.1. The van der Waals surface area contributed by atoms with Crippen LogP contribution in [-0.2, 0) is 0 Å². The lowest BCUT2D eigenvalue weighted by molar-refractivity contribution is 0.605. The van der Waals surface area contributed by atoms with Crippen LogP contribution in [0.5, 0.6) is 0 Å². The van der Waals surface area contributed by atoms with Crippen molar-refractivity contribution in [3.63, 3.8) is 0 Å². The molecule has 1 aromatic carbocycles. The molecular formula is C14H13N5. The Kier molecular flexibility index (Phi) is 3.14. The topological polar surface area (TPSA) is 76.7 Å². The lowest BCUT2D eigenvalue weighted by Crippen LogP contribution is -2.30. The van der Waals surface area contributed by atoms with Gasteiger partial charge in [-0.05, 0) is 23.1 Å². The largest absolute Gasteiger partial charge is 0.270 e. The Morgan fingerprint density at radius 2 is 1.84 bits per heavy atom. The van der Waals surface area contributed by atoms with Gasteiger partial charge in [0.15, 0.2) is 5.82 Å². The van der Waals surface area contributed by atoms with Crippen LogP contribution < -0.4 is 11.3 Å². The number of nitrogens with one attached hydrogen (secondary N) is 1. The van der Waals surface area contributed by atoms with Gasteiger partial charge >= 0.3 is 0 Å². The van der Waals surface area contributed by atoms with Gasteiger partial charge in [0.2, 0.25) is 0 Å². The molecule has 2 aromatic heterocycles. The quantitative estimate of drug-likeness (QED) is 0.546. The molecule has 0 aliphatic rings. The van der Waals surface area contributed by atoms with Crippen LogP contribution in [0, 0.1) is 0 Å². The van der Waals surface area contributed by atoms with Crippen molar-refractivity contribution in [2.45, 2.75) is 6.04 Å². The molecule has 3 aromatic rings. The van der Waals surface area contributed by atoms with Crippen molar-refractivity contribution in [1.29, 1.82) is 0 Å². The molecule has 0 saturated carbocycles. The van der Waals surface area contributed by atoms with Gasteiger partial charge in [-0.15, -0.1) is 0 Å². The maximum Gasteiger partial charge on any atom is 0.150 e. The number of aromatic nitrogens is 3. The van der Waals surface area contributed by atoms with Crippen molar-refractivity contribution in [2.24, 2.45) is 5.84 Å². The molecule has 0 fully saturated rings. The number of nitrogens with two attached hydrogens (primary N) is 1. The standard InChI is InChI=1S/C14H13N5/c15-19-13(14-17-6-2-7-18-14)12-4-1-3-10-9-16-8-5-11(10)12/h1-9,13,19H,15H2. The molecule has 94 valence electrons. The van der Waals surface area contributed by atoms with Gasteiger partial charge < -0.3 is 0 Å². The third-order valence-corrected chi connectivity index (χ3v) is 3.04. The van der Waals surface area contributed by atoms with Gasteiger partial charge in [-0.25, -0.2) is 15.4 Å². The highest BCUT2D eigenvalue weighted by atomic mass is 15.2. The van der Waals surface area contributed by atoms with Gasteiger partial charge in [0.05, 0.1) is 0 Å². The zero-order valence-corrected chi connectivity index (χ0v) is 10.2. The summed E-state index contributed by atoms with van der Waals surface area (Å²) >= 11 is 0. The molecule has 0 amide bonds. The van der Waals surface area contributed by atoms with Gasteiger partial charge in [-0.3, -0.25) is 10.8 Å². The minimum atomic E-state index is -0.243. The second-order valence-electron chi connectivity index (χ2n) is 4.15. The first-order chi connectivity index (χ1) is 9.40. The smallest absolute Gasteiger partial charge is 0.150 e. The Morgan fingerprint density at radius 3 is 2.63 bits per heavy atom. The summed E-state index contributed by atoms with van der Waals surface area (Å²) in [5.74, 6) is 6.33. The van der Waals surface area contributed by atoms with E-state index in [9.17, 15) is 0 Å². The first kappa shape index (κ1) is 11.7. The molecule has 0 aliphatic carbocycles. The van der Waals surface area contributed by atoms with Crippen molar-refractivity contribution in [3.8, 4) is 0 Å². The summed E-state index contributed by atoms with van der Waals surface area (Å²) in [5, 5.41) is 2.16. The number of pyridine rings is 1. The number of nitrogens with zero attached hydrogens (tertiary/aromatic N) is 3. The molecule has 1 atom stereocenters. The van der Waals surface area contributed by atoms with Crippen LogP contribution in [0.3, 0.4) is 0 Å². The molecule has 2 heterocycles. The lowest BCUT2D eigenvalue weighted by Gasteiger charge is -2.16. The van der Waals surface area contributed by atoms with Crippen molar-refractivity contribution in [2.75, 3.05) is 0 Å². The van der Waals surface area contributed by atoms with E-state index in [1.165, 1.54) is 0 Å². The molecule has 1 unspecified atom stereocenters. The van der Waals surface area contributed by atoms with Gasteiger partial charge in [0.1, 0.15) is 6.04 Å². The maximum atomic E-state index is 5.68. The second kappa shape index (κ2) is 5.09. The Labute approximate surface area is 110 Å². The summed E-state index contributed by atoms with van der Waals surface area (Å²) in [6.45, 7) is 0. The summed E-state index contributed by atoms with van der Waals surface area (Å²) in [7, 11) is 0. The number of benzene rings is 1. The average molecular weight is 251 g/mol. The summed E-state index contributed by atoms with van der Waals surface area (Å²) in [6, 6.07) is 9.52. The average Bonchev–Trinajstić information content (AvgIpc) is 2.49. The number of hydrogen-bond donors (Lipinski definition) is 2. The van der Waals surface area contributed by atoms with Crippen LogP contribution in [-0.4, -0.2) is 15.0 Å². The number of hydrogen-bond acceptors (Lipinski definition) is 5. The van der Waals surface area contributed by atoms with Crippen molar-refractivity contribution in [3.05, 3.63) is 66.5 Å². The van der Waals surface area contributed by atoms with Gasteiger partial charge in [-0.1, -0.05) is 18.2 Å². The highest BCUT2D eigenvalue weighted by Crippen LogP contribution is 2.25. The molecule has 0 spiro atoms. The maximum absolute atomic E-state index is 5.68. The van der Waals surface area contributed by atoms with Crippen molar-refractivity contribution >= 4 is 10.8 Å². The predicted octanol–water partition coefficient (Wildman–Crippen LogP) is 1.58. The third-order valence-electron chi connectivity index (χ3n) is 3.04. The van der Waals surface area contributed by atoms with Gasteiger partial charge in [0.25, 0.3) is 0 Å². The fourth-order valence-electron chi connectivity index (χ4n) is 2.16. The summed E-state index contributed by atoms with van der Waals surface area (Å²) in [4.78, 5) is 12.7. The summed E-state index contributed by atoms with van der Waals surface area (Å²) in [5.41, 5.74) is 3.82. The van der Waals surface area contributed by atoms with Gasteiger partial charge in [-0.2, -0.15) is 0 Å². The Morgan fingerprint density at radius 1 is 1.00 bits per heavy atom. The van der Waals surface area contributed by atoms with Crippen molar-refractivity contribution < 1.29 is 0 Å². The monoisotopic (exact) mass is 251 g/mol. The summed E-state index contributed by atoms with van der Waals surface area (Å²) in [6.07, 6.45) is 7.02. The number of fused-ring (bicyclic) bond motifs is 1. The van der Waals surface area contributed by atoms with Crippen LogP contribution >= 0.6 is 0 Å². The summed E-state index contributed by atoms with van der Waals surface area (Å²) < 4.78 is 0. The van der Waals surface area contributed by atoms with E-state index in [1.54, 1.807) is 24.7 Å². The van der Waals surface area contributed by atoms with E-state index in [0.29, 0.717) is 5.82 Å². The minimum Gasteiger partial charge on any atom is -0.270 e. The molecule has 3 rings (SSSR count). The van der Waals surface area contributed by atoms with E-state index in [2.05, 4.69) is 20.4 Å². The van der Waals surface area contributed by atoms with E-state index in [-0.39, 0.29) is 6.04 Å². The minimum absolute atomic E-state index is 0.243.